The number of nitrogens with zero attached hydrogens (tertiary/aromatic N) is 1. The van der Waals surface area contributed by atoms with Crippen LogP contribution in [0.5, 0.6) is 0 Å². The van der Waals surface area contributed by atoms with Crippen LogP contribution in [0.1, 0.15) is 18.4 Å². The summed E-state index contributed by atoms with van der Waals surface area (Å²) in [4.78, 5) is 14.2. The number of nitrogens with two attached hydrogens (primary N) is 1. The molecule has 1 aliphatic rings. The number of benzene rings is 1. The van der Waals surface area contributed by atoms with Gasteiger partial charge >= 0.3 is 0 Å². The molecule has 4 nitrogen and oxygen atoms in total. The monoisotopic (exact) mass is 349 g/mol. The van der Waals surface area contributed by atoms with Crippen LogP contribution < -0.4 is 11.1 Å². The van der Waals surface area contributed by atoms with Gasteiger partial charge in [0.1, 0.15) is 5.82 Å². The van der Waals surface area contributed by atoms with Crippen LogP contribution in [0.3, 0.4) is 0 Å². The van der Waals surface area contributed by atoms with Crippen LogP contribution in [0.15, 0.2) is 18.2 Å². The average Bonchev–Trinajstić information content (AvgIpc) is 2.49. The van der Waals surface area contributed by atoms with E-state index in [4.69, 9.17) is 17.3 Å². The number of nitrogens with one attached hydrogen (secondary N) is 1. The summed E-state index contributed by atoms with van der Waals surface area (Å²) in [6.45, 7) is 3.21. The summed E-state index contributed by atoms with van der Waals surface area (Å²) in [6, 6.07) is 4.85. The number of carbonyl (C=O) groups excluding carboxylic acids is 1. The van der Waals surface area contributed by atoms with E-state index in [1.54, 1.807) is 6.07 Å². The lowest BCUT2D eigenvalue weighted by molar-refractivity contribution is -0.126. The molecule has 0 spiro atoms. The zero-order valence-electron chi connectivity index (χ0n) is 12.4. The van der Waals surface area contributed by atoms with Crippen molar-refractivity contribution >= 4 is 29.9 Å². The van der Waals surface area contributed by atoms with Crippen molar-refractivity contribution in [2.24, 2.45) is 11.7 Å². The molecule has 7 heteroatoms. The van der Waals surface area contributed by atoms with Crippen LogP contribution in [0, 0.1) is 11.7 Å². The molecule has 0 aromatic heterocycles. The molecule has 1 aromatic rings. The summed E-state index contributed by atoms with van der Waals surface area (Å²) < 4.78 is 13.5. The highest BCUT2D eigenvalue weighted by Crippen LogP contribution is 2.21. The Bertz CT molecular complexity index is 502. The second-order valence-corrected chi connectivity index (χ2v) is 5.81. The second kappa shape index (κ2) is 9.30. The minimum atomic E-state index is -0.400. The number of piperidine rings is 1. The smallest absolute Gasteiger partial charge is 0.224 e. The molecule has 1 unspecified atom stereocenters. The zero-order valence-corrected chi connectivity index (χ0v) is 13.9. The third kappa shape index (κ3) is 5.39. The molecule has 1 atom stereocenters. The van der Waals surface area contributed by atoms with Crippen molar-refractivity contribution in [2.75, 3.05) is 26.2 Å². The maximum absolute atomic E-state index is 13.5. The van der Waals surface area contributed by atoms with Gasteiger partial charge in [-0.15, -0.1) is 12.4 Å². The van der Waals surface area contributed by atoms with Crippen LogP contribution in [-0.4, -0.2) is 37.0 Å². The Morgan fingerprint density at radius 1 is 1.50 bits per heavy atom. The molecule has 1 amide bonds. The standard InChI is InChI=1S/C15H21ClFN3O.ClH/c16-13-4-3-11(8-14(13)17)9-20-7-1-2-12(10-20)15(21)19-6-5-18;/h3-4,8,12H,1-2,5-7,9-10,18H2,(H,19,21);1H. The van der Waals surface area contributed by atoms with Crippen molar-refractivity contribution in [2.45, 2.75) is 19.4 Å². The number of rotatable bonds is 5. The largest absolute Gasteiger partial charge is 0.355 e. The van der Waals surface area contributed by atoms with Gasteiger partial charge in [-0.25, -0.2) is 4.39 Å². The Kier molecular flexibility index (Phi) is 8.10. The Morgan fingerprint density at radius 3 is 2.95 bits per heavy atom. The van der Waals surface area contributed by atoms with E-state index in [1.165, 1.54) is 6.07 Å². The van der Waals surface area contributed by atoms with Gasteiger partial charge in [0, 0.05) is 26.2 Å². The lowest BCUT2D eigenvalue weighted by Gasteiger charge is -2.32. The molecule has 1 fully saturated rings. The van der Waals surface area contributed by atoms with Crippen molar-refractivity contribution in [3.05, 3.63) is 34.6 Å². The maximum atomic E-state index is 13.5. The van der Waals surface area contributed by atoms with Gasteiger partial charge in [0.15, 0.2) is 0 Å². The van der Waals surface area contributed by atoms with Crippen molar-refractivity contribution in [1.29, 1.82) is 0 Å². The van der Waals surface area contributed by atoms with E-state index in [1.807, 2.05) is 6.07 Å². The van der Waals surface area contributed by atoms with Gasteiger partial charge in [0.25, 0.3) is 0 Å². The highest BCUT2D eigenvalue weighted by Gasteiger charge is 2.25. The summed E-state index contributed by atoms with van der Waals surface area (Å²) >= 11 is 5.68. The van der Waals surface area contributed by atoms with Crippen molar-refractivity contribution in [1.82, 2.24) is 10.2 Å². The van der Waals surface area contributed by atoms with Crippen molar-refractivity contribution in [3.8, 4) is 0 Å². The summed E-state index contributed by atoms with van der Waals surface area (Å²) in [5.74, 6) is -0.349. The fraction of sp³-hybridized carbons (Fsp3) is 0.533. The normalized spacial score (nSPS) is 18.6. The summed E-state index contributed by atoms with van der Waals surface area (Å²) in [5, 5.41) is 2.97. The van der Waals surface area contributed by atoms with Gasteiger partial charge in [-0.1, -0.05) is 17.7 Å². The van der Waals surface area contributed by atoms with E-state index in [0.29, 0.717) is 26.2 Å². The molecule has 0 bridgehead atoms. The first kappa shape index (κ1) is 19.2. The van der Waals surface area contributed by atoms with Gasteiger partial charge in [0.05, 0.1) is 10.9 Å². The van der Waals surface area contributed by atoms with E-state index < -0.39 is 5.82 Å². The first-order valence-corrected chi connectivity index (χ1v) is 7.62. The van der Waals surface area contributed by atoms with Crippen molar-refractivity contribution in [3.63, 3.8) is 0 Å². The van der Waals surface area contributed by atoms with Crippen LogP contribution in [0.4, 0.5) is 4.39 Å². The number of likely N-dealkylation sites (tertiary alicyclic amines) is 1. The molecular formula is C15H22Cl2FN3O. The van der Waals surface area contributed by atoms with Gasteiger partial charge < -0.3 is 11.1 Å². The fourth-order valence-corrected chi connectivity index (χ4v) is 2.77. The highest BCUT2D eigenvalue weighted by atomic mass is 35.5. The van der Waals surface area contributed by atoms with Gasteiger partial charge in [0.2, 0.25) is 5.91 Å². The quantitative estimate of drug-likeness (QED) is 0.856. The first-order chi connectivity index (χ1) is 10.1. The second-order valence-electron chi connectivity index (χ2n) is 5.40. The minimum Gasteiger partial charge on any atom is -0.355 e. The van der Waals surface area contributed by atoms with Crippen LogP contribution in [-0.2, 0) is 11.3 Å². The summed E-state index contributed by atoms with van der Waals surface area (Å²) in [6.07, 6.45) is 1.86. The Hall–Kier alpha value is -0.880. The number of hydrogen-bond acceptors (Lipinski definition) is 3. The molecule has 2 rings (SSSR count). The van der Waals surface area contributed by atoms with Crippen LogP contribution >= 0.6 is 24.0 Å². The molecule has 1 aromatic carbocycles. The molecule has 1 aliphatic heterocycles. The lowest BCUT2D eigenvalue weighted by atomic mass is 9.96. The third-order valence-electron chi connectivity index (χ3n) is 3.71. The molecule has 22 heavy (non-hydrogen) atoms. The van der Waals surface area contributed by atoms with Crippen LogP contribution in [0.2, 0.25) is 5.02 Å². The minimum absolute atomic E-state index is 0. The number of hydrogen-bond donors (Lipinski definition) is 2. The van der Waals surface area contributed by atoms with E-state index in [9.17, 15) is 9.18 Å². The maximum Gasteiger partial charge on any atom is 0.224 e. The van der Waals surface area contributed by atoms with E-state index in [2.05, 4.69) is 10.2 Å². The molecule has 3 N–H and O–H groups in total. The molecular weight excluding hydrogens is 328 g/mol. The molecule has 0 aliphatic carbocycles. The molecule has 0 saturated carbocycles. The SMILES string of the molecule is Cl.NCCNC(=O)C1CCCN(Cc2ccc(Cl)c(F)c2)C1. The van der Waals surface area contributed by atoms with E-state index >= 15 is 0 Å². The van der Waals surface area contributed by atoms with Gasteiger partial charge in [-0.05, 0) is 37.1 Å². The average molecular weight is 350 g/mol. The van der Waals surface area contributed by atoms with E-state index in [0.717, 1.165) is 24.9 Å². The fourth-order valence-electron chi connectivity index (χ4n) is 2.65. The first-order valence-electron chi connectivity index (χ1n) is 7.24. The Morgan fingerprint density at radius 2 is 2.27 bits per heavy atom. The zero-order chi connectivity index (χ0) is 15.2. The van der Waals surface area contributed by atoms with Gasteiger partial charge in [-0.2, -0.15) is 0 Å². The molecule has 124 valence electrons. The summed E-state index contributed by atoms with van der Waals surface area (Å²) in [7, 11) is 0. The molecule has 1 saturated heterocycles. The Balaban J connectivity index is 0.00000242. The van der Waals surface area contributed by atoms with Gasteiger partial charge in [-0.3, -0.25) is 9.69 Å². The lowest BCUT2D eigenvalue weighted by Crippen LogP contribution is -2.43. The predicted molar refractivity (Wildman–Crippen MR) is 88.7 cm³/mol. The van der Waals surface area contributed by atoms with E-state index in [-0.39, 0.29) is 29.3 Å². The Labute approximate surface area is 141 Å². The number of amides is 1. The topological polar surface area (TPSA) is 58.4 Å². The number of halogens is 3. The predicted octanol–water partition coefficient (Wildman–Crippen LogP) is 2.19. The molecule has 0 radical (unpaired) electrons. The van der Waals surface area contributed by atoms with Crippen LogP contribution in [0.25, 0.3) is 0 Å². The molecule has 1 heterocycles. The number of carbonyl (C=O) groups is 1. The highest BCUT2D eigenvalue weighted by molar-refractivity contribution is 6.30. The third-order valence-corrected chi connectivity index (χ3v) is 4.02. The van der Waals surface area contributed by atoms with Crippen molar-refractivity contribution < 1.29 is 9.18 Å². The summed E-state index contributed by atoms with van der Waals surface area (Å²) in [5.41, 5.74) is 6.27.